The maximum absolute atomic E-state index is 14.0. The van der Waals surface area contributed by atoms with E-state index in [-0.39, 0.29) is 11.7 Å². The van der Waals surface area contributed by atoms with E-state index < -0.39 is 0 Å². The van der Waals surface area contributed by atoms with Gasteiger partial charge in [0.1, 0.15) is 5.82 Å². The average molecular weight is 373 g/mol. The number of nitrogens with zero attached hydrogens (tertiary/aromatic N) is 3. The van der Waals surface area contributed by atoms with Crippen LogP contribution in [0.4, 0.5) is 10.1 Å². The standard InChI is InChI=1S/C20H24FN3OS/c1-14(2)24-12-15-11-18(26-19(15)13-24)20(25)23-9-7-22(8-10-23)17-6-4-3-5-16(17)21/h3-6,11,14H,7-10,12-13H2,1-2H3. The summed E-state index contributed by atoms with van der Waals surface area (Å²) in [6, 6.07) is 9.45. The third-order valence-electron chi connectivity index (χ3n) is 5.32. The molecule has 138 valence electrons. The van der Waals surface area contributed by atoms with E-state index in [9.17, 15) is 9.18 Å². The Morgan fingerprint density at radius 1 is 1.12 bits per heavy atom. The molecule has 4 nitrogen and oxygen atoms in total. The first-order valence-corrected chi connectivity index (χ1v) is 9.99. The van der Waals surface area contributed by atoms with Crippen molar-refractivity contribution in [2.24, 2.45) is 0 Å². The van der Waals surface area contributed by atoms with Gasteiger partial charge in [0.15, 0.2) is 0 Å². The lowest BCUT2D eigenvalue weighted by Gasteiger charge is -2.36. The molecule has 0 aliphatic carbocycles. The highest BCUT2D eigenvalue weighted by molar-refractivity contribution is 7.14. The zero-order valence-corrected chi connectivity index (χ0v) is 16.1. The molecular weight excluding hydrogens is 349 g/mol. The van der Waals surface area contributed by atoms with E-state index in [0.29, 0.717) is 37.9 Å². The highest BCUT2D eigenvalue weighted by atomic mass is 32.1. The maximum atomic E-state index is 14.0. The molecule has 26 heavy (non-hydrogen) atoms. The molecule has 6 heteroatoms. The summed E-state index contributed by atoms with van der Waals surface area (Å²) < 4.78 is 14.0. The van der Waals surface area contributed by atoms with Gasteiger partial charge < -0.3 is 9.80 Å². The Kier molecular flexibility index (Phi) is 4.71. The van der Waals surface area contributed by atoms with Crippen LogP contribution in [-0.4, -0.2) is 47.9 Å². The molecule has 1 aromatic carbocycles. The molecule has 0 bridgehead atoms. The highest BCUT2D eigenvalue weighted by Gasteiger charge is 2.28. The number of carbonyl (C=O) groups excluding carboxylic acids is 1. The average Bonchev–Trinajstić information content (AvgIpc) is 3.21. The Morgan fingerprint density at radius 3 is 2.50 bits per heavy atom. The van der Waals surface area contributed by atoms with E-state index in [4.69, 9.17) is 0 Å². The summed E-state index contributed by atoms with van der Waals surface area (Å²) in [6.45, 7) is 8.90. The Morgan fingerprint density at radius 2 is 1.85 bits per heavy atom. The second kappa shape index (κ2) is 7.00. The van der Waals surface area contributed by atoms with Crippen LogP contribution in [0.5, 0.6) is 0 Å². The molecule has 0 atom stereocenters. The number of anilines is 1. The maximum Gasteiger partial charge on any atom is 0.264 e. The van der Waals surface area contributed by atoms with Crippen molar-refractivity contribution in [2.45, 2.75) is 33.0 Å². The van der Waals surface area contributed by atoms with Crippen LogP contribution in [0, 0.1) is 5.82 Å². The molecule has 2 aliphatic heterocycles. The first kappa shape index (κ1) is 17.5. The molecule has 2 aromatic rings. The van der Waals surface area contributed by atoms with Gasteiger partial charge in [-0.15, -0.1) is 11.3 Å². The second-order valence-electron chi connectivity index (χ2n) is 7.29. The third-order valence-corrected chi connectivity index (χ3v) is 6.47. The minimum absolute atomic E-state index is 0.119. The number of thiophene rings is 1. The van der Waals surface area contributed by atoms with Crippen molar-refractivity contribution in [3.05, 3.63) is 51.5 Å². The monoisotopic (exact) mass is 373 g/mol. The fraction of sp³-hybridized carbons (Fsp3) is 0.450. The largest absolute Gasteiger partial charge is 0.366 e. The van der Waals surface area contributed by atoms with Gasteiger partial charge in [-0.25, -0.2) is 4.39 Å². The molecule has 0 radical (unpaired) electrons. The molecular formula is C20H24FN3OS. The summed E-state index contributed by atoms with van der Waals surface area (Å²) >= 11 is 1.64. The number of rotatable bonds is 3. The zero-order chi connectivity index (χ0) is 18.3. The number of hydrogen-bond acceptors (Lipinski definition) is 4. The van der Waals surface area contributed by atoms with Crippen molar-refractivity contribution < 1.29 is 9.18 Å². The molecule has 1 amide bonds. The lowest BCUT2D eigenvalue weighted by atomic mass is 10.2. The van der Waals surface area contributed by atoms with Gasteiger partial charge in [-0.05, 0) is 37.6 Å². The van der Waals surface area contributed by atoms with Crippen molar-refractivity contribution in [1.82, 2.24) is 9.80 Å². The van der Waals surface area contributed by atoms with E-state index >= 15 is 0 Å². The third kappa shape index (κ3) is 3.23. The van der Waals surface area contributed by atoms with Crippen LogP contribution in [-0.2, 0) is 13.1 Å². The number of fused-ring (bicyclic) bond motifs is 1. The second-order valence-corrected chi connectivity index (χ2v) is 8.43. The quantitative estimate of drug-likeness (QED) is 0.823. The minimum Gasteiger partial charge on any atom is -0.366 e. The smallest absolute Gasteiger partial charge is 0.264 e. The van der Waals surface area contributed by atoms with Crippen LogP contribution in [0.25, 0.3) is 0 Å². The number of piperazine rings is 1. The van der Waals surface area contributed by atoms with E-state index in [0.717, 1.165) is 18.0 Å². The van der Waals surface area contributed by atoms with Crippen molar-refractivity contribution in [3.63, 3.8) is 0 Å². The molecule has 3 heterocycles. The summed E-state index contributed by atoms with van der Waals surface area (Å²) in [6.07, 6.45) is 0. The van der Waals surface area contributed by atoms with Gasteiger partial charge in [-0.3, -0.25) is 9.69 Å². The number of hydrogen-bond donors (Lipinski definition) is 0. The highest BCUT2D eigenvalue weighted by Crippen LogP contribution is 2.33. The van der Waals surface area contributed by atoms with Crippen molar-refractivity contribution in [1.29, 1.82) is 0 Å². The molecule has 1 saturated heterocycles. The van der Waals surface area contributed by atoms with Crippen molar-refractivity contribution >= 4 is 22.9 Å². The van der Waals surface area contributed by atoms with Crippen molar-refractivity contribution in [3.8, 4) is 0 Å². The fourth-order valence-corrected chi connectivity index (χ4v) is 4.85. The molecule has 0 spiro atoms. The molecule has 0 saturated carbocycles. The molecule has 1 fully saturated rings. The Balaban J connectivity index is 1.39. The molecule has 0 N–H and O–H groups in total. The van der Waals surface area contributed by atoms with Gasteiger partial charge in [0.05, 0.1) is 10.6 Å². The van der Waals surface area contributed by atoms with Gasteiger partial charge in [-0.1, -0.05) is 12.1 Å². The topological polar surface area (TPSA) is 26.8 Å². The lowest BCUT2D eigenvalue weighted by Crippen LogP contribution is -2.48. The number of halogens is 1. The zero-order valence-electron chi connectivity index (χ0n) is 15.2. The van der Waals surface area contributed by atoms with Crippen LogP contribution in [0.1, 0.15) is 34.0 Å². The fourth-order valence-electron chi connectivity index (χ4n) is 3.68. The lowest BCUT2D eigenvalue weighted by molar-refractivity contribution is 0.0751. The van der Waals surface area contributed by atoms with Gasteiger partial charge in [0.2, 0.25) is 0 Å². The summed E-state index contributed by atoms with van der Waals surface area (Å²) in [4.78, 5) is 21.4. The first-order valence-electron chi connectivity index (χ1n) is 9.17. The van der Waals surface area contributed by atoms with E-state index in [1.165, 1.54) is 16.5 Å². The predicted molar refractivity (Wildman–Crippen MR) is 103 cm³/mol. The number of amides is 1. The van der Waals surface area contributed by atoms with Crippen LogP contribution < -0.4 is 4.90 Å². The van der Waals surface area contributed by atoms with E-state index in [1.54, 1.807) is 23.5 Å². The summed E-state index contributed by atoms with van der Waals surface area (Å²) in [5, 5.41) is 0. The van der Waals surface area contributed by atoms with E-state index in [1.807, 2.05) is 15.9 Å². The van der Waals surface area contributed by atoms with Crippen LogP contribution >= 0.6 is 11.3 Å². The Hall–Kier alpha value is -1.92. The van der Waals surface area contributed by atoms with Gasteiger partial charge in [0, 0.05) is 50.2 Å². The minimum atomic E-state index is -0.198. The molecule has 0 unspecified atom stereocenters. The van der Waals surface area contributed by atoms with Gasteiger partial charge >= 0.3 is 0 Å². The molecule has 1 aromatic heterocycles. The summed E-state index contributed by atoms with van der Waals surface area (Å²) in [7, 11) is 0. The van der Waals surface area contributed by atoms with Gasteiger partial charge in [-0.2, -0.15) is 0 Å². The SMILES string of the molecule is CC(C)N1Cc2cc(C(=O)N3CCN(c4ccccc4F)CC3)sc2C1. The van der Waals surface area contributed by atoms with Gasteiger partial charge in [0.25, 0.3) is 5.91 Å². The Labute approximate surface area is 157 Å². The summed E-state index contributed by atoms with van der Waals surface area (Å²) in [5.41, 5.74) is 1.93. The number of carbonyl (C=O) groups is 1. The Bertz CT molecular complexity index is 788. The van der Waals surface area contributed by atoms with Crippen LogP contribution in [0.15, 0.2) is 30.3 Å². The van der Waals surface area contributed by atoms with Crippen molar-refractivity contribution in [2.75, 3.05) is 31.1 Å². The first-order chi connectivity index (χ1) is 12.5. The molecule has 4 rings (SSSR count). The normalized spacial score (nSPS) is 17.8. The predicted octanol–water partition coefficient (Wildman–Crippen LogP) is 3.57. The van der Waals surface area contributed by atoms with Crippen LogP contribution in [0.3, 0.4) is 0 Å². The number of para-hydroxylation sites is 1. The number of benzene rings is 1. The van der Waals surface area contributed by atoms with E-state index in [2.05, 4.69) is 24.8 Å². The molecule has 2 aliphatic rings. The summed E-state index contributed by atoms with van der Waals surface area (Å²) in [5.74, 6) is -0.0784. The van der Waals surface area contributed by atoms with Crippen LogP contribution in [0.2, 0.25) is 0 Å².